The van der Waals surface area contributed by atoms with Crippen LogP contribution in [0.25, 0.3) is 0 Å². The zero-order valence-electron chi connectivity index (χ0n) is 19.6. The predicted octanol–water partition coefficient (Wildman–Crippen LogP) is 4.35. The van der Waals surface area contributed by atoms with E-state index in [9.17, 15) is 22.8 Å². The summed E-state index contributed by atoms with van der Waals surface area (Å²) in [6.45, 7) is -0.0654. The van der Waals surface area contributed by atoms with Crippen LogP contribution in [0.1, 0.15) is 22.3 Å². The number of halogens is 2. The van der Waals surface area contributed by atoms with E-state index in [1.807, 2.05) is 0 Å². The van der Waals surface area contributed by atoms with Crippen molar-refractivity contribution in [3.63, 3.8) is 0 Å². The topological polar surface area (TPSA) is 101 Å². The van der Waals surface area contributed by atoms with E-state index in [0.717, 1.165) is 14.8 Å². The van der Waals surface area contributed by atoms with Crippen LogP contribution in [0.3, 0.4) is 0 Å². The van der Waals surface area contributed by atoms with Crippen molar-refractivity contribution in [1.29, 1.82) is 0 Å². The lowest BCUT2D eigenvalue weighted by molar-refractivity contribution is -0.122. The number of nitrogens with zero attached hydrogens (tertiary/aromatic N) is 2. The summed E-state index contributed by atoms with van der Waals surface area (Å²) >= 11 is 12.0. The van der Waals surface area contributed by atoms with E-state index in [2.05, 4.69) is 4.74 Å². The van der Waals surface area contributed by atoms with Gasteiger partial charge in [-0.15, -0.1) is 0 Å². The summed E-state index contributed by atoms with van der Waals surface area (Å²) in [4.78, 5) is 39.1. The van der Waals surface area contributed by atoms with Gasteiger partial charge in [0.15, 0.2) is 0 Å². The van der Waals surface area contributed by atoms with E-state index in [-0.39, 0.29) is 35.5 Å². The van der Waals surface area contributed by atoms with Crippen molar-refractivity contribution in [2.75, 3.05) is 18.6 Å². The number of anilines is 1. The molecule has 0 bridgehead atoms. The van der Waals surface area contributed by atoms with Crippen LogP contribution < -0.4 is 4.90 Å². The van der Waals surface area contributed by atoms with E-state index in [1.165, 1.54) is 55.6 Å². The molecule has 1 saturated heterocycles. The maximum atomic E-state index is 13.7. The molecule has 192 valence electrons. The van der Waals surface area contributed by atoms with Crippen molar-refractivity contribution in [1.82, 2.24) is 4.31 Å². The molecule has 0 aromatic heterocycles. The molecule has 0 radical (unpaired) electrons. The van der Waals surface area contributed by atoms with Gasteiger partial charge in [-0.25, -0.2) is 18.1 Å². The van der Waals surface area contributed by atoms with E-state index < -0.39 is 33.8 Å². The Kier molecular flexibility index (Phi) is 7.99. The maximum absolute atomic E-state index is 13.7. The number of carbonyl (C=O) groups excluding carboxylic acids is 3. The van der Waals surface area contributed by atoms with Gasteiger partial charge in [-0.1, -0.05) is 35.3 Å². The highest BCUT2D eigenvalue weighted by molar-refractivity contribution is 7.89. The minimum Gasteiger partial charge on any atom is -0.465 e. The fourth-order valence-electron chi connectivity index (χ4n) is 4.09. The van der Waals surface area contributed by atoms with Crippen molar-refractivity contribution in [3.8, 4) is 0 Å². The average Bonchev–Trinajstić information content (AvgIpc) is 3.17. The Morgan fingerprint density at radius 3 is 2.30 bits per heavy atom. The Hall–Kier alpha value is -3.24. The standard InChI is InChI=1S/C26H22Cl2N2O6S/c1-36-26(33)18-5-9-21(10-6-18)30-24(31)16-23(25(30)32)29(14-13-17-3-2-4-20(28)15-17)37(34,35)22-11-7-19(27)8-12-22/h2-12,15,23H,13-14,16H2,1H3. The molecule has 1 unspecified atom stereocenters. The van der Waals surface area contributed by atoms with Crippen molar-refractivity contribution in [3.05, 3.63) is 94.0 Å². The number of hydrogen-bond donors (Lipinski definition) is 0. The van der Waals surface area contributed by atoms with Crippen LogP contribution in [-0.2, 0) is 30.8 Å². The summed E-state index contributed by atoms with van der Waals surface area (Å²) in [5.74, 6) is -1.80. The number of amides is 2. The summed E-state index contributed by atoms with van der Waals surface area (Å²) in [6, 6.07) is 17.0. The number of imide groups is 1. The molecule has 0 N–H and O–H groups in total. The van der Waals surface area contributed by atoms with Gasteiger partial charge in [0.25, 0.3) is 5.91 Å². The molecule has 3 aromatic carbocycles. The van der Waals surface area contributed by atoms with Gasteiger partial charge in [0, 0.05) is 16.6 Å². The molecular weight excluding hydrogens is 539 g/mol. The summed E-state index contributed by atoms with van der Waals surface area (Å²) in [5, 5.41) is 0.858. The number of hydrogen-bond acceptors (Lipinski definition) is 6. The Bertz CT molecular complexity index is 1440. The fraction of sp³-hybridized carbons (Fsp3) is 0.192. The third kappa shape index (κ3) is 5.70. The molecule has 4 rings (SSSR count). The largest absolute Gasteiger partial charge is 0.465 e. The van der Waals surface area contributed by atoms with Crippen LogP contribution in [0.15, 0.2) is 77.7 Å². The van der Waals surface area contributed by atoms with Crippen LogP contribution >= 0.6 is 23.2 Å². The molecule has 1 aliphatic rings. The SMILES string of the molecule is COC(=O)c1ccc(N2C(=O)CC(N(CCc3cccc(Cl)c3)S(=O)(=O)c3ccc(Cl)cc3)C2=O)cc1. The van der Waals surface area contributed by atoms with Crippen LogP contribution in [-0.4, -0.2) is 50.2 Å². The van der Waals surface area contributed by atoms with E-state index in [4.69, 9.17) is 23.2 Å². The van der Waals surface area contributed by atoms with E-state index >= 15 is 0 Å². The number of benzene rings is 3. The number of carbonyl (C=O) groups is 3. The Balaban J connectivity index is 1.67. The normalized spacial score (nSPS) is 15.9. The number of rotatable bonds is 8. The Morgan fingerprint density at radius 2 is 1.68 bits per heavy atom. The van der Waals surface area contributed by atoms with Crippen LogP contribution in [0, 0.1) is 0 Å². The van der Waals surface area contributed by atoms with Gasteiger partial charge in [-0.05, 0) is 72.6 Å². The Labute approximate surface area is 224 Å². The lowest BCUT2D eigenvalue weighted by atomic mass is 10.1. The second-order valence-corrected chi connectivity index (χ2v) is 11.0. The molecule has 0 spiro atoms. The molecule has 8 nitrogen and oxygen atoms in total. The van der Waals surface area contributed by atoms with Crippen molar-refractivity contribution in [2.45, 2.75) is 23.8 Å². The molecule has 3 aromatic rings. The van der Waals surface area contributed by atoms with Gasteiger partial charge in [0.05, 0.1) is 29.7 Å². The lowest BCUT2D eigenvalue weighted by Gasteiger charge is -2.27. The third-order valence-electron chi connectivity index (χ3n) is 5.95. The molecule has 0 saturated carbocycles. The van der Waals surface area contributed by atoms with Crippen LogP contribution in [0.4, 0.5) is 5.69 Å². The second-order valence-electron chi connectivity index (χ2n) is 8.28. The molecule has 11 heteroatoms. The second kappa shape index (κ2) is 11.0. The molecule has 1 heterocycles. The van der Waals surface area contributed by atoms with Gasteiger partial charge >= 0.3 is 5.97 Å². The zero-order chi connectivity index (χ0) is 26.7. The van der Waals surface area contributed by atoms with E-state index in [0.29, 0.717) is 10.0 Å². The predicted molar refractivity (Wildman–Crippen MR) is 139 cm³/mol. The highest BCUT2D eigenvalue weighted by Gasteiger charge is 2.46. The minimum absolute atomic E-state index is 0.0517. The number of ether oxygens (including phenoxy) is 1. The number of sulfonamides is 1. The molecule has 1 aliphatic heterocycles. The molecule has 1 atom stereocenters. The summed E-state index contributed by atoms with van der Waals surface area (Å²) in [5.41, 5.74) is 1.25. The first-order chi connectivity index (χ1) is 17.6. The first-order valence-electron chi connectivity index (χ1n) is 11.2. The summed E-state index contributed by atoms with van der Waals surface area (Å²) < 4.78 is 33.1. The van der Waals surface area contributed by atoms with Crippen molar-refractivity contribution < 1.29 is 27.5 Å². The number of methoxy groups -OCH3 is 1. The quantitative estimate of drug-likeness (QED) is 0.300. The molecule has 1 fully saturated rings. The monoisotopic (exact) mass is 560 g/mol. The lowest BCUT2D eigenvalue weighted by Crippen LogP contribution is -2.46. The van der Waals surface area contributed by atoms with Crippen molar-refractivity contribution in [2.24, 2.45) is 0 Å². The molecule has 0 aliphatic carbocycles. The first kappa shape index (κ1) is 26.8. The van der Waals surface area contributed by atoms with Crippen LogP contribution in [0.5, 0.6) is 0 Å². The third-order valence-corrected chi connectivity index (χ3v) is 8.36. The van der Waals surface area contributed by atoms with Crippen molar-refractivity contribution >= 4 is 56.7 Å². The summed E-state index contributed by atoms with van der Waals surface area (Å²) in [7, 11) is -2.94. The maximum Gasteiger partial charge on any atom is 0.337 e. The van der Waals surface area contributed by atoms with E-state index in [1.54, 1.807) is 24.3 Å². The van der Waals surface area contributed by atoms with Gasteiger partial charge in [0.2, 0.25) is 15.9 Å². The average molecular weight is 561 g/mol. The molecule has 2 amide bonds. The first-order valence-corrected chi connectivity index (χ1v) is 13.4. The van der Waals surface area contributed by atoms with Gasteiger partial charge in [-0.3, -0.25) is 9.59 Å². The van der Waals surface area contributed by atoms with Gasteiger partial charge in [-0.2, -0.15) is 4.31 Å². The van der Waals surface area contributed by atoms with Gasteiger partial charge in [0.1, 0.15) is 6.04 Å². The van der Waals surface area contributed by atoms with Gasteiger partial charge < -0.3 is 4.74 Å². The Morgan fingerprint density at radius 1 is 1.00 bits per heavy atom. The highest BCUT2D eigenvalue weighted by atomic mass is 35.5. The smallest absolute Gasteiger partial charge is 0.337 e. The number of esters is 1. The highest BCUT2D eigenvalue weighted by Crippen LogP contribution is 2.30. The fourth-order valence-corrected chi connectivity index (χ4v) is 6.01. The molecular formula is C26H22Cl2N2O6S. The summed E-state index contributed by atoms with van der Waals surface area (Å²) in [6.07, 6.45) is -0.0703. The molecule has 37 heavy (non-hydrogen) atoms. The zero-order valence-corrected chi connectivity index (χ0v) is 22.0. The van der Waals surface area contributed by atoms with Crippen LogP contribution in [0.2, 0.25) is 10.0 Å². The minimum atomic E-state index is -4.18.